The van der Waals surface area contributed by atoms with Gasteiger partial charge in [-0.15, -0.1) is 0 Å². The standard InChI is InChI=1S/C24H29NO4/c1-14(26)16-13-22-8-9-24(16,28-5)21(2)23(22)10-11-25(3)18(22)12-15-6-7-17(27-4)20(29-21)19(15)23/h6-9,16,18H,10-13H2,1-5H3/t16?,18?,21?,22?,23-,24?/m0/s1. The van der Waals surface area contributed by atoms with Crippen LogP contribution in [0, 0.1) is 11.3 Å². The molecule has 0 radical (unpaired) electrons. The van der Waals surface area contributed by atoms with E-state index >= 15 is 0 Å². The minimum atomic E-state index is -0.778. The Balaban J connectivity index is 1.76. The molecular formula is C24H29NO4. The van der Waals surface area contributed by atoms with Gasteiger partial charge in [-0.1, -0.05) is 18.2 Å². The fraction of sp³-hybridized carbons (Fsp3) is 0.625. The number of fused-ring (bicyclic) bond motifs is 1. The van der Waals surface area contributed by atoms with E-state index in [0.29, 0.717) is 6.04 Å². The van der Waals surface area contributed by atoms with Gasteiger partial charge in [0.1, 0.15) is 11.4 Å². The minimum absolute atomic E-state index is 0.143. The number of piperidine rings is 1. The number of ether oxygens (including phenoxy) is 3. The quantitative estimate of drug-likeness (QED) is 0.737. The molecule has 1 saturated carbocycles. The zero-order valence-electron chi connectivity index (χ0n) is 17.9. The molecule has 2 heterocycles. The predicted molar refractivity (Wildman–Crippen MR) is 109 cm³/mol. The number of hydrogen-bond acceptors (Lipinski definition) is 5. The molecule has 1 saturated heterocycles. The van der Waals surface area contributed by atoms with Gasteiger partial charge < -0.3 is 19.1 Å². The largest absolute Gasteiger partial charge is 0.493 e. The van der Waals surface area contributed by atoms with Gasteiger partial charge in [-0.2, -0.15) is 0 Å². The normalized spacial score (nSPS) is 45.7. The van der Waals surface area contributed by atoms with Crippen molar-refractivity contribution < 1.29 is 19.0 Å². The molecule has 154 valence electrons. The van der Waals surface area contributed by atoms with E-state index in [-0.39, 0.29) is 22.5 Å². The second-order valence-corrected chi connectivity index (χ2v) is 9.86. The first-order valence-corrected chi connectivity index (χ1v) is 10.7. The van der Waals surface area contributed by atoms with Gasteiger partial charge in [0.2, 0.25) is 0 Å². The summed E-state index contributed by atoms with van der Waals surface area (Å²) >= 11 is 0. The van der Waals surface area contributed by atoms with Crippen molar-refractivity contribution >= 4 is 5.78 Å². The van der Waals surface area contributed by atoms with Gasteiger partial charge in [-0.25, -0.2) is 0 Å². The molecule has 6 aliphatic rings. The lowest BCUT2D eigenvalue weighted by Crippen LogP contribution is -2.84. The van der Waals surface area contributed by atoms with Crippen molar-refractivity contribution in [2.45, 2.75) is 55.8 Å². The Kier molecular flexibility index (Phi) is 3.14. The third kappa shape index (κ3) is 1.52. The predicted octanol–water partition coefficient (Wildman–Crippen LogP) is 2.89. The van der Waals surface area contributed by atoms with Gasteiger partial charge in [-0.3, -0.25) is 4.79 Å². The zero-order chi connectivity index (χ0) is 20.4. The topological polar surface area (TPSA) is 48.0 Å². The second-order valence-electron chi connectivity index (χ2n) is 9.86. The molecule has 4 bridgehead atoms. The van der Waals surface area contributed by atoms with Gasteiger partial charge in [0.15, 0.2) is 17.1 Å². The van der Waals surface area contributed by atoms with E-state index in [1.54, 1.807) is 21.1 Å². The molecule has 5 unspecified atom stereocenters. The number of hydrogen-bond donors (Lipinski definition) is 0. The molecule has 4 aliphatic carbocycles. The highest BCUT2D eigenvalue weighted by Crippen LogP contribution is 2.78. The summed E-state index contributed by atoms with van der Waals surface area (Å²) in [5, 5.41) is 0. The van der Waals surface area contributed by atoms with E-state index in [2.05, 4.69) is 37.1 Å². The number of likely N-dealkylation sites (tertiary alicyclic amines) is 1. The molecule has 5 heteroatoms. The van der Waals surface area contributed by atoms with E-state index in [4.69, 9.17) is 14.2 Å². The number of likely N-dealkylation sites (N-methyl/N-ethyl adjacent to an activating group) is 1. The molecule has 29 heavy (non-hydrogen) atoms. The molecule has 2 spiro atoms. The highest BCUT2D eigenvalue weighted by Gasteiger charge is 2.84. The lowest BCUT2D eigenvalue weighted by Gasteiger charge is -2.74. The van der Waals surface area contributed by atoms with Crippen LogP contribution in [0.3, 0.4) is 0 Å². The van der Waals surface area contributed by atoms with Crippen LogP contribution in [0.4, 0.5) is 0 Å². The molecule has 6 atom stereocenters. The summed E-state index contributed by atoms with van der Waals surface area (Å²) in [5.74, 6) is 1.62. The Morgan fingerprint density at radius 2 is 2.07 bits per heavy atom. The van der Waals surface area contributed by atoms with E-state index in [1.165, 1.54) is 11.1 Å². The summed E-state index contributed by atoms with van der Waals surface area (Å²) in [6.45, 7) is 4.92. The van der Waals surface area contributed by atoms with Crippen LogP contribution in [-0.2, 0) is 21.4 Å². The molecule has 0 N–H and O–H groups in total. The third-order valence-electron chi connectivity index (χ3n) is 9.41. The Labute approximate surface area is 172 Å². The first-order valence-electron chi connectivity index (χ1n) is 10.7. The van der Waals surface area contributed by atoms with E-state index in [0.717, 1.165) is 37.3 Å². The van der Waals surface area contributed by atoms with E-state index in [1.807, 2.05) is 6.07 Å². The molecule has 0 amide bonds. The lowest BCUT2D eigenvalue weighted by molar-refractivity contribution is -0.255. The van der Waals surface area contributed by atoms with Gasteiger partial charge in [0.25, 0.3) is 0 Å². The highest BCUT2D eigenvalue weighted by molar-refractivity contribution is 5.83. The number of methoxy groups -OCH3 is 2. The Hall–Kier alpha value is -1.85. The minimum Gasteiger partial charge on any atom is -0.493 e. The third-order valence-corrected chi connectivity index (χ3v) is 9.41. The first kappa shape index (κ1) is 18.0. The van der Waals surface area contributed by atoms with Gasteiger partial charge in [-0.05, 0) is 58.3 Å². The van der Waals surface area contributed by atoms with Crippen LogP contribution in [-0.4, -0.2) is 55.7 Å². The van der Waals surface area contributed by atoms with Crippen LogP contribution in [0.25, 0.3) is 0 Å². The summed E-state index contributed by atoms with van der Waals surface area (Å²) in [4.78, 5) is 15.4. The maximum Gasteiger partial charge on any atom is 0.166 e. The van der Waals surface area contributed by atoms with E-state index in [9.17, 15) is 4.79 Å². The molecule has 5 nitrogen and oxygen atoms in total. The molecule has 1 aromatic carbocycles. The number of nitrogens with zero attached hydrogens (tertiary/aromatic N) is 1. The lowest BCUT2D eigenvalue weighted by atomic mass is 9.33. The fourth-order valence-corrected chi connectivity index (χ4v) is 8.30. The maximum atomic E-state index is 12.9. The van der Waals surface area contributed by atoms with Crippen LogP contribution in [0.15, 0.2) is 24.3 Å². The fourth-order valence-electron chi connectivity index (χ4n) is 8.30. The Morgan fingerprint density at radius 3 is 2.76 bits per heavy atom. The average molecular weight is 395 g/mol. The van der Waals surface area contributed by atoms with Crippen molar-refractivity contribution in [3.05, 3.63) is 35.4 Å². The smallest absolute Gasteiger partial charge is 0.166 e. The summed E-state index contributed by atoms with van der Waals surface area (Å²) in [6, 6.07) is 4.61. The summed E-state index contributed by atoms with van der Waals surface area (Å²) in [7, 11) is 5.68. The number of carbonyl (C=O) groups is 1. The molecular weight excluding hydrogens is 366 g/mol. The van der Waals surface area contributed by atoms with Crippen molar-refractivity contribution in [3.8, 4) is 11.5 Å². The van der Waals surface area contributed by atoms with Gasteiger partial charge in [0.05, 0.1) is 18.4 Å². The van der Waals surface area contributed by atoms with Crippen LogP contribution in [0.2, 0.25) is 0 Å². The van der Waals surface area contributed by atoms with Crippen LogP contribution in [0.1, 0.15) is 37.8 Å². The Bertz CT molecular complexity index is 987. The van der Waals surface area contributed by atoms with E-state index < -0.39 is 11.2 Å². The maximum absolute atomic E-state index is 12.9. The zero-order valence-corrected chi connectivity index (χ0v) is 17.9. The van der Waals surface area contributed by atoms with Crippen molar-refractivity contribution in [1.82, 2.24) is 4.90 Å². The molecule has 0 aromatic heterocycles. The molecule has 2 aliphatic heterocycles. The number of Topliss-reactive ketones (excluding diaryl/α,β-unsaturated/α-hetero) is 1. The Morgan fingerprint density at radius 1 is 1.28 bits per heavy atom. The average Bonchev–Trinajstić information content (AvgIpc) is 3.00. The highest BCUT2D eigenvalue weighted by atomic mass is 16.6. The molecule has 1 aromatic rings. The number of carbonyl (C=O) groups excluding carboxylic acids is 1. The monoisotopic (exact) mass is 395 g/mol. The summed E-state index contributed by atoms with van der Waals surface area (Å²) in [5.41, 5.74) is 0.875. The number of ketones is 1. The van der Waals surface area contributed by atoms with Crippen molar-refractivity contribution in [1.29, 1.82) is 0 Å². The summed E-state index contributed by atoms with van der Waals surface area (Å²) in [6.07, 6.45) is 7.36. The van der Waals surface area contributed by atoms with Gasteiger partial charge >= 0.3 is 0 Å². The SMILES string of the molecule is COc1ccc2c3c1OC1(C)C4(OC)C=CC5(CC4C(C)=O)C(C2)N(C)CC[C@@]351. The second kappa shape index (κ2) is 5.06. The van der Waals surface area contributed by atoms with Crippen molar-refractivity contribution in [2.24, 2.45) is 11.3 Å². The van der Waals surface area contributed by atoms with Crippen molar-refractivity contribution in [2.75, 3.05) is 27.8 Å². The molecule has 2 fully saturated rings. The van der Waals surface area contributed by atoms with Crippen molar-refractivity contribution in [3.63, 3.8) is 0 Å². The van der Waals surface area contributed by atoms with Crippen LogP contribution < -0.4 is 9.47 Å². The molecule has 7 rings (SSSR count). The summed E-state index contributed by atoms with van der Waals surface area (Å²) < 4.78 is 19.0. The van der Waals surface area contributed by atoms with Crippen LogP contribution in [0.5, 0.6) is 11.5 Å². The van der Waals surface area contributed by atoms with Gasteiger partial charge in [0, 0.05) is 24.1 Å². The first-order chi connectivity index (χ1) is 13.8. The number of benzene rings is 1. The number of rotatable bonds is 3. The van der Waals surface area contributed by atoms with Crippen LogP contribution >= 0.6 is 0 Å².